The first-order valence-corrected chi connectivity index (χ1v) is 16.6. The van der Waals surface area contributed by atoms with Crippen LogP contribution < -0.4 is 14.4 Å². The van der Waals surface area contributed by atoms with Crippen molar-refractivity contribution in [3.63, 3.8) is 0 Å². The average molecular weight is 628 g/mol. The lowest BCUT2D eigenvalue weighted by atomic mass is 10.0. The van der Waals surface area contributed by atoms with Crippen LogP contribution in [0.3, 0.4) is 0 Å². The molecule has 2 amide bonds. The van der Waals surface area contributed by atoms with E-state index < -0.39 is 28.5 Å². The van der Waals surface area contributed by atoms with Gasteiger partial charge in [-0.05, 0) is 67.8 Å². The van der Waals surface area contributed by atoms with Gasteiger partial charge >= 0.3 is 0 Å². The summed E-state index contributed by atoms with van der Waals surface area (Å²) >= 11 is 0. The second-order valence-electron chi connectivity index (χ2n) is 10.8. The minimum absolute atomic E-state index is 0.0610. The van der Waals surface area contributed by atoms with Gasteiger partial charge in [0.1, 0.15) is 18.3 Å². The minimum Gasteiger partial charge on any atom is -0.494 e. The van der Waals surface area contributed by atoms with Crippen LogP contribution in [0.5, 0.6) is 5.75 Å². The largest absolute Gasteiger partial charge is 0.494 e. The summed E-state index contributed by atoms with van der Waals surface area (Å²) in [5.41, 5.74) is 2.92. The zero-order valence-corrected chi connectivity index (χ0v) is 26.9. The first-order valence-electron chi connectivity index (χ1n) is 15.2. The summed E-state index contributed by atoms with van der Waals surface area (Å²) in [4.78, 5) is 29.7. The topological polar surface area (TPSA) is 96.0 Å². The van der Waals surface area contributed by atoms with Crippen molar-refractivity contribution in [2.45, 2.75) is 51.1 Å². The molecule has 236 valence electrons. The van der Waals surface area contributed by atoms with Crippen LogP contribution in [0.25, 0.3) is 0 Å². The molecule has 0 aliphatic carbocycles. The quantitative estimate of drug-likeness (QED) is 0.181. The molecule has 4 aromatic rings. The molecule has 0 aliphatic rings. The van der Waals surface area contributed by atoms with Gasteiger partial charge in [0.05, 0.1) is 17.2 Å². The van der Waals surface area contributed by atoms with Crippen LogP contribution in [0, 0.1) is 6.92 Å². The number of benzene rings is 4. The summed E-state index contributed by atoms with van der Waals surface area (Å²) in [7, 11) is -4.17. The van der Waals surface area contributed by atoms with Gasteiger partial charge in [0, 0.05) is 19.5 Å². The van der Waals surface area contributed by atoms with Crippen molar-refractivity contribution < 1.29 is 22.7 Å². The molecule has 0 saturated carbocycles. The fraction of sp³-hybridized carbons (Fsp3) is 0.278. The van der Waals surface area contributed by atoms with E-state index in [4.69, 9.17) is 4.74 Å². The van der Waals surface area contributed by atoms with Gasteiger partial charge < -0.3 is 15.0 Å². The number of hydrogen-bond donors (Lipinski definition) is 1. The van der Waals surface area contributed by atoms with Crippen LogP contribution in [0.15, 0.2) is 114 Å². The first-order chi connectivity index (χ1) is 21.7. The molecule has 0 heterocycles. The van der Waals surface area contributed by atoms with Gasteiger partial charge in [-0.3, -0.25) is 13.9 Å². The molecule has 1 atom stereocenters. The Kier molecular flexibility index (Phi) is 11.8. The fourth-order valence-electron chi connectivity index (χ4n) is 4.94. The zero-order valence-electron chi connectivity index (χ0n) is 26.1. The number of aryl methyl sites for hydroxylation is 1. The Balaban J connectivity index is 1.78. The number of rotatable bonds is 15. The lowest BCUT2D eigenvalue weighted by Crippen LogP contribution is -2.53. The molecule has 0 unspecified atom stereocenters. The molecule has 1 N–H and O–H groups in total. The maximum atomic E-state index is 14.5. The van der Waals surface area contributed by atoms with Crippen LogP contribution in [-0.2, 0) is 32.6 Å². The maximum absolute atomic E-state index is 14.5. The van der Waals surface area contributed by atoms with Crippen molar-refractivity contribution in [1.29, 1.82) is 0 Å². The molecular formula is C36H41N3O5S. The van der Waals surface area contributed by atoms with Crippen LogP contribution in [0.2, 0.25) is 0 Å². The Morgan fingerprint density at radius 3 is 1.98 bits per heavy atom. The number of carbonyl (C=O) groups excluding carboxylic acids is 2. The van der Waals surface area contributed by atoms with Crippen molar-refractivity contribution in [3.8, 4) is 5.75 Å². The summed E-state index contributed by atoms with van der Waals surface area (Å²) in [5.74, 6) is -0.212. The molecule has 0 aliphatic heterocycles. The highest BCUT2D eigenvalue weighted by atomic mass is 32.2. The monoisotopic (exact) mass is 627 g/mol. The van der Waals surface area contributed by atoms with Crippen LogP contribution in [-0.4, -0.2) is 50.9 Å². The predicted molar refractivity (Wildman–Crippen MR) is 178 cm³/mol. The van der Waals surface area contributed by atoms with Gasteiger partial charge in [-0.25, -0.2) is 8.42 Å². The van der Waals surface area contributed by atoms with Crippen molar-refractivity contribution >= 4 is 27.5 Å². The van der Waals surface area contributed by atoms with Gasteiger partial charge in [0.2, 0.25) is 11.8 Å². The van der Waals surface area contributed by atoms with Gasteiger partial charge in [-0.2, -0.15) is 0 Å². The molecule has 4 rings (SSSR count). The molecule has 0 saturated heterocycles. The highest BCUT2D eigenvalue weighted by Gasteiger charge is 2.34. The van der Waals surface area contributed by atoms with E-state index in [1.807, 2.05) is 81.4 Å². The number of sulfonamides is 1. The number of ether oxygens (including phenoxy) is 1. The molecule has 45 heavy (non-hydrogen) atoms. The Labute approximate surface area is 266 Å². The number of nitrogens with zero attached hydrogens (tertiary/aromatic N) is 2. The SMILES string of the molecule is CCCNC(=O)[C@@H](Cc1ccccc1)N(Cc1ccccc1)C(=O)CN(c1ccc(OCC)cc1)S(=O)(=O)c1ccc(C)cc1. The van der Waals surface area contributed by atoms with E-state index in [0.717, 1.165) is 27.4 Å². The van der Waals surface area contributed by atoms with Crippen molar-refractivity contribution in [2.24, 2.45) is 0 Å². The molecule has 4 aromatic carbocycles. The summed E-state index contributed by atoms with van der Waals surface area (Å²) in [6.45, 7) is 6.23. The third-order valence-electron chi connectivity index (χ3n) is 7.34. The number of amides is 2. The standard InChI is InChI=1S/C36H41N3O5S/c1-4-24-37-36(41)34(25-29-12-8-6-9-13-29)38(26-30-14-10-7-11-15-30)35(40)27-39(31-18-20-32(21-19-31)44-5-2)45(42,43)33-22-16-28(3)17-23-33/h6-23,34H,4-5,24-27H2,1-3H3,(H,37,41)/t34-/m1/s1. The first kappa shape index (κ1) is 33.3. The van der Waals surface area contributed by atoms with Gasteiger partial charge in [-0.15, -0.1) is 0 Å². The molecule has 9 heteroatoms. The normalized spacial score (nSPS) is 11.8. The van der Waals surface area contributed by atoms with Crippen LogP contribution in [0.4, 0.5) is 5.69 Å². The molecule has 0 spiro atoms. The smallest absolute Gasteiger partial charge is 0.264 e. The second-order valence-corrected chi connectivity index (χ2v) is 12.6. The minimum atomic E-state index is -4.17. The van der Waals surface area contributed by atoms with E-state index in [-0.39, 0.29) is 23.8 Å². The molecule has 0 aromatic heterocycles. The highest BCUT2D eigenvalue weighted by Crippen LogP contribution is 2.27. The van der Waals surface area contributed by atoms with Gasteiger partial charge in [0.15, 0.2) is 0 Å². The van der Waals surface area contributed by atoms with Gasteiger partial charge in [-0.1, -0.05) is 85.3 Å². The van der Waals surface area contributed by atoms with E-state index in [0.29, 0.717) is 24.6 Å². The van der Waals surface area contributed by atoms with Crippen LogP contribution >= 0.6 is 0 Å². The highest BCUT2D eigenvalue weighted by molar-refractivity contribution is 7.92. The van der Waals surface area contributed by atoms with Crippen molar-refractivity contribution in [2.75, 3.05) is 24.0 Å². The van der Waals surface area contributed by atoms with E-state index in [1.165, 1.54) is 17.0 Å². The third-order valence-corrected chi connectivity index (χ3v) is 9.13. The van der Waals surface area contributed by atoms with Crippen molar-refractivity contribution in [3.05, 3.63) is 126 Å². The summed E-state index contributed by atoms with van der Waals surface area (Å²) < 4.78 is 35.0. The Hall–Kier alpha value is -4.63. The number of nitrogens with one attached hydrogen (secondary N) is 1. The summed E-state index contributed by atoms with van der Waals surface area (Å²) in [6.07, 6.45) is 0.999. The number of anilines is 1. The second kappa shape index (κ2) is 15.9. The van der Waals surface area contributed by atoms with Crippen LogP contribution in [0.1, 0.15) is 37.0 Å². The molecule has 0 radical (unpaired) electrons. The molecule has 0 bridgehead atoms. The maximum Gasteiger partial charge on any atom is 0.264 e. The fourth-order valence-corrected chi connectivity index (χ4v) is 6.36. The van der Waals surface area contributed by atoms with E-state index >= 15 is 0 Å². The van der Waals surface area contributed by atoms with Crippen molar-refractivity contribution in [1.82, 2.24) is 10.2 Å². The Bertz CT molecular complexity index is 1630. The van der Waals surface area contributed by atoms with E-state index in [1.54, 1.807) is 36.4 Å². The predicted octanol–water partition coefficient (Wildman–Crippen LogP) is 5.76. The van der Waals surface area contributed by atoms with E-state index in [2.05, 4.69) is 5.32 Å². The zero-order chi connectivity index (χ0) is 32.2. The summed E-state index contributed by atoms with van der Waals surface area (Å²) in [6, 6.07) is 31.2. The lowest BCUT2D eigenvalue weighted by Gasteiger charge is -2.34. The average Bonchev–Trinajstić information content (AvgIpc) is 3.05. The molecular weight excluding hydrogens is 586 g/mol. The van der Waals surface area contributed by atoms with E-state index in [9.17, 15) is 18.0 Å². The Morgan fingerprint density at radius 2 is 1.40 bits per heavy atom. The third kappa shape index (κ3) is 8.95. The number of hydrogen-bond acceptors (Lipinski definition) is 5. The Morgan fingerprint density at radius 1 is 0.800 bits per heavy atom. The molecule has 0 fully saturated rings. The van der Waals surface area contributed by atoms with Gasteiger partial charge in [0.25, 0.3) is 10.0 Å². The summed E-state index contributed by atoms with van der Waals surface area (Å²) in [5, 5.41) is 2.96. The number of carbonyl (C=O) groups is 2. The lowest BCUT2D eigenvalue weighted by molar-refractivity contribution is -0.140. The molecule has 8 nitrogen and oxygen atoms in total.